The van der Waals surface area contributed by atoms with Crippen LogP contribution in [0.15, 0.2) is 15.8 Å². The summed E-state index contributed by atoms with van der Waals surface area (Å²) in [6, 6.07) is 0. The molecular weight excluding hydrogens is 164 g/mol. The molecule has 0 spiro atoms. The van der Waals surface area contributed by atoms with E-state index in [1.165, 1.54) is 10.8 Å². The molecule has 5 N–H and O–H groups in total. The van der Waals surface area contributed by atoms with Crippen LogP contribution in [-0.4, -0.2) is 20.5 Å². The second-order valence-electron chi connectivity index (χ2n) is 2.18. The van der Waals surface area contributed by atoms with Crippen LogP contribution in [0.5, 0.6) is 0 Å². The molecule has 1 aromatic heterocycles. The van der Waals surface area contributed by atoms with Gasteiger partial charge in [0.2, 0.25) is 0 Å². The zero-order valence-corrected chi connectivity index (χ0v) is 6.84. The lowest BCUT2D eigenvalue weighted by Crippen LogP contribution is -2.28. The molecule has 0 amide bonds. The number of hydrogen-bond donors (Lipinski definition) is 1. The lowest BCUT2D eigenvalue weighted by atomic mass is 10.4. The molecule has 0 aliphatic carbocycles. The van der Waals surface area contributed by atoms with Crippen molar-refractivity contribution in [2.45, 2.75) is 6.92 Å². The Bertz CT molecular complexity index is 320. The first kappa shape index (κ1) is 13.2. The summed E-state index contributed by atoms with van der Waals surface area (Å²) in [4.78, 5) is 23.6. The lowest BCUT2D eigenvalue weighted by molar-refractivity contribution is 0.789. The number of nitrogens with one attached hydrogen (secondary N) is 1. The maximum atomic E-state index is 10.7. The van der Waals surface area contributed by atoms with E-state index in [2.05, 4.69) is 4.98 Å². The topological polar surface area (TPSA) is 118 Å². The Morgan fingerprint density at radius 1 is 1.33 bits per heavy atom. The number of rotatable bonds is 0. The summed E-state index contributed by atoms with van der Waals surface area (Å²) in [5.41, 5.74) is -0.152. The SMILES string of the molecule is Cc1cn(C)c(=O)[nH]c1=O.O.O. The van der Waals surface area contributed by atoms with Crippen molar-refractivity contribution >= 4 is 0 Å². The average molecular weight is 176 g/mol. The molecule has 0 radical (unpaired) electrons. The van der Waals surface area contributed by atoms with Crippen LogP contribution >= 0.6 is 0 Å². The van der Waals surface area contributed by atoms with Crippen LogP contribution in [0.3, 0.4) is 0 Å². The van der Waals surface area contributed by atoms with Gasteiger partial charge in [-0.15, -0.1) is 0 Å². The molecular formula is C6H12N2O4. The molecule has 6 heteroatoms. The number of aromatic amines is 1. The highest BCUT2D eigenvalue weighted by Crippen LogP contribution is 1.77. The van der Waals surface area contributed by atoms with Gasteiger partial charge in [0.15, 0.2) is 0 Å². The maximum absolute atomic E-state index is 10.7. The molecule has 0 saturated carbocycles. The predicted octanol–water partition coefficient (Wildman–Crippen LogP) is -2.27. The molecule has 0 unspecified atom stereocenters. The minimum Gasteiger partial charge on any atom is -0.412 e. The van der Waals surface area contributed by atoms with Crippen LogP contribution in [0, 0.1) is 6.92 Å². The van der Waals surface area contributed by atoms with Gasteiger partial charge in [-0.1, -0.05) is 0 Å². The molecule has 1 aromatic rings. The van der Waals surface area contributed by atoms with Gasteiger partial charge in [0.05, 0.1) is 0 Å². The third kappa shape index (κ3) is 2.33. The zero-order chi connectivity index (χ0) is 7.72. The quantitative estimate of drug-likeness (QED) is 0.479. The van der Waals surface area contributed by atoms with Gasteiger partial charge in [-0.3, -0.25) is 9.78 Å². The molecule has 70 valence electrons. The fourth-order valence-corrected chi connectivity index (χ4v) is 0.692. The lowest BCUT2D eigenvalue weighted by Gasteiger charge is -1.94. The highest BCUT2D eigenvalue weighted by Gasteiger charge is 1.93. The Hall–Kier alpha value is -1.40. The molecule has 0 saturated heterocycles. The summed E-state index contributed by atoms with van der Waals surface area (Å²) in [5.74, 6) is 0. The van der Waals surface area contributed by atoms with Crippen LogP contribution in [-0.2, 0) is 7.05 Å². The fourth-order valence-electron chi connectivity index (χ4n) is 0.692. The zero-order valence-electron chi connectivity index (χ0n) is 6.84. The predicted molar refractivity (Wildman–Crippen MR) is 44.3 cm³/mol. The van der Waals surface area contributed by atoms with Gasteiger partial charge in [-0.05, 0) is 6.92 Å². The van der Waals surface area contributed by atoms with Crippen molar-refractivity contribution in [2.24, 2.45) is 7.05 Å². The molecule has 1 rings (SSSR count). The first-order valence-electron chi connectivity index (χ1n) is 2.88. The van der Waals surface area contributed by atoms with E-state index in [9.17, 15) is 9.59 Å². The summed E-state index contributed by atoms with van der Waals surface area (Å²) >= 11 is 0. The van der Waals surface area contributed by atoms with E-state index in [1.807, 2.05) is 0 Å². The molecule has 1 heterocycles. The van der Waals surface area contributed by atoms with E-state index in [0.717, 1.165) is 0 Å². The molecule has 12 heavy (non-hydrogen) atoms. The van der Waals surface area contributed by atoms with E-state index >= 15 is 0 Å². The minimum atomic E-state index is -0.379. The van der Waals surface area contributed by atoms with Gasteiger partial charge in [0, 0.05) is 18.8 Å². The van der Waals surface area contributed by atoms with Crippen molar-refractivity contribution < 1.29 is 11.0 Å². The van der Waals surface area contributed by atoms with Crippen LogP contribution in [0.4, 0.5) is 0 Å². The van der Waals surface area contributed by atoms with Gasteiger partial charge in [-0.2, -0.15) is 0 Å². The first-order valence-corrected chi connectivity index (χ1v) is 2.88. The third-order valence-electron chi connectivity index (χ3n) is 1.29. The van der Waals surface area contributed by atoms with Crippen molar-refractivity contribution in [1.29, 1.82) is 0 Å². The van der Waals surface area contributed by atoms with Gasteiger partial charge in [-0.25, -0.2) is 4.79 Å². The van der Waals surface area contributed by atoms with Crippen molar-refractivity contribution in [1.82, 2.24) is 9.55 Å². The minimum absolute atomic E-state index is 0. The molecule has 0 aromatic carbocycles. The van der Waals surface area contributed by atoms with Crippen LogP contribution in [0.2, 0.25) is 0 Å². The second-order valence-corrected chi connectivity index (χ2v) is 2.18. The highest BCUT2D eigenvalue weighted by atomic mass is 16.2. The molecule has 0 atom stereocenters. The van der Waals surface area contributed by atoms with Crippen molar-refractivity contribution in [3.05, 3.63) is 32.6 Å². The molecule has 0 fully saturated rings. The Kier molecular flexibility index (Phi) is 4.92. The Labute approximate surface area is 68.1 Å². The molecule has 0 aliphatic heterocycles. The molecule has 0 aliphatic rings. The number of nitrogens with zero attached hydrogens (tertiary/aromatic N) is 1. The van der Waals surface area contributed by atoms with Crippen LogP contribution in [0.25, 0.3) is 0 Å². The van der Waals surface area contributed by atoms with Crippen LogP contribution < -0.4 is 11.2 Å². The Morgan fingerprint density at radius 3 is 2.25 bits per heavy atom. The van der Waals surface area contributed by atoms with Gasteiger partial charge in [0.1, 0.15) is 0 Å². The number of H-pyrrole nitrogens is 1. The monoisotopic (exact) mass is 176 g/mol. The Morgan fingerprint density at radius 2 is 1.83 bits per heavy atom. The number of aryl methyl sites for hydroxylation is 2. The van der Waals surface area contributed by atoms with Crippen molar-refractivity contribution in [3.8, 4) is 0 Å². The third-order valence-corrected chi connectivity index (χ3v) is 1.29. The van der Waals surface area contributed by atoms with E-state index < -0.39 is 0 Å². The van der Waals surface area contributed by atoms with Crippen molar-refractivity contribution in [3.63, 3.8) is 0 Å². The molecule has 6 nitrogen and oxygen atoms in total. The van der Waals surface area contributed by atoms with Gasteiger partial charge >= 0.3 is 5.69 Å². The standard InChI is InChI=1S/C6H8N2O2.2H2O/c1-4-3-8(2)6(10)7-5(4)9;;/h3H,1-2H3,(H,7,9,10);2*1H2. The molecule has 0 bridgehead atoms. The number of aromatic nitrogens is 2. The first-order chi connectivity index (χ1) is 4.61. The van der Waals surface area contributed by atoms with E-state index in [-0.39, 0.29) is 22.2 Å². The van der Waals surface area contributed by atoms with Crippen LogP contribution in [0.1, 0.15) is 5.56 Å². The largest absolute Gasteiger partial charge is 0.412 e. The summed E-state index contributed by atoms with van der Waals surface area (Å²) in [7, 11) is 1.59. The summed E-state index contributed by atoms with van der Waals surface area (Å²) < 4.78 is 1.33. The maximum Gasteiger partial charge on any atom is 0.328 e. The Balaban J connectivity index is 0. The van der Waals surface area contributed by atoms with Crippen molar-refractivity contribution in [2.75, 3.05) is 0 Å². The van der Waals surface area contributed by atoms with Gasteiger partial charge in [0.25, 0.3) is 5.56 Å². The summed E-state index contributed by atoms with van der Waals surface area (Å²) in [6.07, 6.45) is 1.50. The van der Waals surface area contributed by atoms with Gasteiger partial charge < -0.3 is 15.5 Å². The van der Waals surface area contributed by atoms with E-state index in [4.69, 9.17) is 0 Å². The second kappa shape index (κ2) is 4.47. The smallest absolute Gasteiger partial charge is 0.328 e. The van der Waals surface area contributed by atoms with E-state index in [0.29, 0.717) is 5.56 Å². The van der Waals surface area contributed by atoms with E-state index in [1.54, 1.807) is 14.0 Å². The average Bonchev–Trinajstić information content (AvgIpc) is 1.84. The fraction of sp³-hybridized carbons (Fsp3) is 0.333. The normalized spacial score (nSPS) is 8.17. The number of hydrogen-bond acceptors (Lipinski definition) is 2. The summed E-state index contributed by atoms with van der Waals surface area (Å²) in [5, 5.41) is 0. The highest BCUT2D eigenvalue weighted by molar-refractivity contribution is 4.99. The summed E-state index contributed by atoms with van der Waals surface area (Å²) in [6.45, 7) is 1.65.